The Morgan fingerprint density at radius 1 is 1.00 bits per heavy atom. The highest BCUT2D eigenvalue weighted by molar-refractivity contribution is 5.73. The van der Waals surface area contributed by atoms with E-state index in [2.05, 4.69) is 58.6 Å². The standard InChI is InChI=1S/C19H25N3O/c1-20-14-18(23)19(15-8-4-3-5-9-15)22-13-12-21(2)16-10-6-7-11-17(16)22/h3-11,18-20,23H,12-14H2,1-2H3. The fourth-order valence-electron chi connectivity index (χ4n) is 3.40. The van der Waals surface area contributed by atoms with Gasteiger partial charge in [-0.1, -0.05) is 42.5 Å². The van der Waals surface area contributed by atoms with Crippen LogP contribution in [-0.4, -0.2) is 44.9 Å². The highest BCUT2D eigenvalue weighted by Gasteiger charge is 2.31. The largest absolute Gasteiger partial charge is 0.389 e. The summed E-state index contributed by atoms with van der Waals surface area (Å²) in [5, 5.41) is 13.9. The molecule has 2 atom stereocenters. The summed E-state index contributed by atoms with van der Waals surface area (Å²) in [4.78, 5) is 4.62. The lowest BCUT2D eigenvalue weighted by atomic mass is 9.97. The van der Waals surface area contributed by atoms with E-state index in [1.54, 1.807) is 0 Å². The van der Waals surface area contributed by atoms with Gasteiger partial charge in [-0.15, -0.1) is 0 Å². The van der Waals surface area contributed by atoms with Crippen molar-refractivity contribution in [1.29, 1.82) is 0 Å². The Morgan fingerprint density at radius 3 is 2.35 bits per heavy atom. The molecular weight excluding hydrogens is 286 g/mol. The minimum absolute atomic E-state index is 0.0569. The maximum absolute atomic E-state index is 10.8. The second-order valence-corrected chi connectivity index (χ2v) is 6.08. The highest BCUT2D eigenvalue weighted by Crippen LogP contribution is 2.38. The second-order valence-electron chi connectivity index (χ2n) is 6.08. The maximum atomic E-state index is 10.8. The van der Waals surface area contributed by atoms with Crippen LogP contribution in [0.5, 0.6) is 0 Å². The molecule has 0 spiro atoms. The molecule has 0 fully saturated rings. The van der Waals surface area contributed by atoms with Gasteiger partial charge < -0.3 is 20.2 Å². The third kappa shape index (κ3) is 3.19. The van der Waals surface area contributed by atoms with Crippen LogP contribution < -0.4 is 15.1 Å². The molecule has 2 unspecified atom stereocenters. The summed E-state index contributed by atoms with van der Waals surface area (Å²) in [7, 11) is 4.00. The van der Waals surface area contributed by atoms with Gasteiger partial charge in [-0.2, -0.15) is 0 Å². The number of anilines is 2. The molecule has 3 rings (SSSR count). The van der Waals surface area contributed by atoms with Crippen molar-refractivity contribution in [2.45, 2.75) is 12.1 Å². The van der Waals surface area contributed by atoms with E-state index in [4.69, 9.17) is 0 Å². The van der Waals surface area contributed by atoms with Crippen LogP contribution in [0.15, 0.2) is 54.6 Å². The molecule has 2 aromatic carbocycles. The Kier molecular flexibility index (Phi) is 4.84. The molecule has 0 aliphatic carbocycles. The average molecular weight is 311 g/mol. The van der Waals surface area contributed by atoms with Crippen LogP contribution in [0.1, 0.15) is 11.6 Å². The number of para-hydroxylation sites is 2. The zero-order valence-electron chi connectivity index (χ0n) is 13.8. The van der Waals surface area contributed by atoms with Crippen LogP contribution in [0, 0.1) is 0 Å². The number of fused-ring (bicyclic) bond motifs is 1. The van der Waals surface area contributed by atoms with E-state index >= 15 is 0 Å². The van der Waals surface area contributed by atoms with Gasteiger partial charge in [0.15, 0.2) is 0 Å². The van der Waals surface area contributed by atoms with E-state index in [0.717, 1.165) is 18.7 Å². The number of benzene rings is 2. The fourth-order valence-corrected chi connectivity index (χ4v) is 3.40. The van der Waals surface area contributed by atoms with E-state index in [0.29, 0.717) is 6.54 Å². The van der Waals surface area contributed by atoms with E-state index in [1.807, 2.05) is 25.2 Å². The minimum Gasteiger partial charge on any atom is -0.389 e. The topological polar surface area (TPSA) is 38.7 Å². The van der Waals surface area contributed by atoms with Gasteiger partial charge in [0.25, 0.3) is 0 Å². The molecule has 0 saturated heterocycles. The van der Waals surface area contributed by atoms with E-state index in [9.17, 15) is 5.11 Å². The summed E-state index contributed by atoms with van der Waals surface area (Å²) in [5.41, 5.74) is 3.55. The van der Waals surface area contributed by atoms with Gasteiger partial charge in [-0.05, 0) is 24.7 Å². The summed E-state index contributed by atoms with van der Waals surface area (Å²) < 4.78 is 0. The monoisotopic (exact) mass is 311 g/mol. The first-order valence-electron chi connectivity index (χ1n) is 8.17. The molecule has 4 heteroatoms. The molecule has 23 heavy (non-hydrogen) atoms. The van der Waals surface area contributed by atoms with Gasteiger partial charge in [0.2, 0.25) is 0 Å². The molecule has 4 nitrogen and oxygen atoms in total. The quantitative estimate of drug-likeness (QED) is 0.888. The second kappa shape index (κ2) is 7.02. The van der Waals surface area contributed by atoms with Gasteiger partial charge in [0, 0.05) is 26.7 Å². The lowest BCUT2D eigenvalue weighted by Gasteiger charge is -2.43. The summed E-state index contributed by atoms with van der Waals surface area (Å²) in [6.07, 6.45) is -0.473. The number of hydrogen-bond acceptors (Lipinski definition) is 4. The molecule has 2 aromatic rings. The molecule has 1 heterocycles. The molecule has 2 N–H and O–H groups in total. The first-order valence-corrected chi connectivity index (χ1v) is 8.17. The van der Waals surface area contributed by atoms with Crippen molar-refractivity contribution in [3.05, 3.63) is 60.2 Å². The number of nitrogens with one attached hydrogen (secondary N) is 1. The van der Waals surface area contributed by atoms with E-state index in [-0.39, 0.29) is 6.04 Å². The van der Waals surface area contributed by atoms with E-state index in [1.165, 1.54) is 11.4 Å². The zero-order valence-corrected chi connectivity index (χ0v) is 13.8. The number of aliphatic hydroxyl groups is 1. The molecule has 0 aromatic heterocycles. The van der Waals surface area contributed by atoms with Crippen molar-refractivity contribution in [2.24, 2.45) is 0 Å². The Hall–Kier alpha value is -2.04. The van der Waals surface area contributed by atoms with Crippen molar-refractivity contribution in [3.63, 3.8) is 0 Å². The predicted octanol–water partition coefficient (Wildman–Crippen LogP) is 2.26. The number of rotatable bonds is 5. The molecule has 0 radical (unpaired) electrons. The Morgan fingerprint density at radius 2 is 1.65 bits per heavy atom. The van der Waals surface area contributed by atoms with Gasteiger partial charge in [-0.25, -0.2) is 0 Å². The fraction of sp³-hybridized carbons (Fsp3) is 0.368. The molecule has 1 aliphatic rings. The molecule has 0 amide bonds. The van der Waals surface area contributed by atoms with E-state index < -0.39 is 6.10 Å². The summed E-state index contributed by atoms with van der Waals surface area (Å²) in [6, 6.07) is 18.7. The van der Waals surface area contributed by atoms with Crippen LogP contribution in [0.2, 0.25) is 0 Å². The highest BCUT2D eigenvalue weighted by atomic mass is 16.3. The third-order valence-electron chi connectivity index (χ3n) is 4.53. The lowest BCUT2D eigenvalue weighted by molar-refractivity contribution is 0.140. The first kappa shape index (κ1) is 15.8. The molecule has 122 valence electrons. The normalized spacial score (nSPS) is 16.8. The number of aliphatic hydroxyl groups excluding tert-OH is 1. The van der Waals surface area contributed by atoms with Gasteiger partial charge in [0.1, 0.15) is 0 Å². The van der Waals surface area contributed by atoms with Crippen LogP contribution in [0.3, 0.4) is 0 Å². The van der Waals surface area contributed by atoms with Crippen molar-refractivity contribution < 1.29 is 5.11 Å². The van der Waals surface area contributed by atoms with Crippen LogP contribution in [-0.2, 0) is 0 Å². The predicted molar refractivity (Wildman–Crippen MR) is 96.2 cm³/mol. The first-order chi connectivity index (χ1) is 11.2. The van der Waals surface area contributed by atoms with Crippen molar-refractivity contribution in [3.8, 4) is 0 Å². The Labute approximate surface area is 138 Å². The van der Waals surface area contributed by atoms with Crippen LogP contribution >= 0.6 is 0 Å². The Balaban J connectivity index is 2.02. The smallest absolute Gasteiger partial charge is 0.0909 e. The number of nitrogens with zero attached hydrogens (tertiary/aromatic N) is 2. The lowest BCUT2D eigenvalue weighted by Crippen LogP contribution is -2.47. The van der Waals surface area contributed by atoms with Gasteiger partial charge in [0.05, 0.1) is 23.5 Å². The van der Waals surface area contributed by atoms with Crippen molar-refractivity contribution >= 4 is 11.4 Å². The third-order valence-corrected chi connectivity index (χ3v) is 4.53. The SMILES string of the molecule is CNCC(O)C(c1ccccc1)N1CCN(C)c2ccccc21. The number of likely N-dealkylation sites (N-methyl/N-ethyl adjacent to an activating group) is 2. The van der Waals surface area contributed by atoms with Gasteiger partial charge in [-0.3, -0.25) is 0 Å². The molecule has 0 saturated carbocycles. The zero-order chi connectivity index (χ0) is 16.2. The summed E-state index contributed by atoms with van der Waals surface area (Å²) >= 11 is 0. The summed E-state index contributed by atoms with van der Waals surface area (Å²) in [6.45, 7) is 2.41. The maximum Gasteiger partial charge on any atom is 0.0909 e. The van der Waals surface area contributed by atoms with Crippen molar-refractivity contribution in [2.75, 3.05) is 43.5 Å². The molecule has 1 aliphatic heterocycles. The molecule has 0 bridgehead atoms. The minimum atomic E-state index is -0.473. The average Bonchev–Trinajstić information content (AvgIpc) is 2.59. The van der Waals surface area contributed by atoms with Crippen LogP contribution in [0.25, 0.3) is 0 Å². The van der Waals surface area contributed by atoms with Gasteiger partial charge >= 0.3 is 0 Å². The Bertz CT molecular complexity index is 632. The molecular formula is C19H25N3O. The van der Waals surface area contributed by atoms with Crippen LogP contribution in [0.4, 0.5) is 11.4 Å². The number of hydrogen-bond donors (Lipinski definition) is 2. The summed E-state index contributed by atoms with van der Waals surface area (Å²) in [5.74, 6) is 0. The van der Waals surface area contributed by atoms with Crippen molar-refractivity contribution in [1.82, 2.24) is 5.32 Å².